The van der Waals surface area contributed by atoms with Crippen LogP contribution in [0, 0.1) is 11.7 Å². The van der Waals surface area contributed by atoms with Crippen molar-refractivity contribution in [1.82, 2.24) is 30.4 Å². The molecule has 0 radical (unpaired) electrons. The molecule has 60 heavy (non-hydrogen) atoms. The van der Waals surface area contributed by atoms with Crippen molar-refractivity contribution < 1.29 is 33.1 Å². The van der Waals surface area contributed by atoms with Crippen molar-refractivity contribution in [3.8, 4) is 5.75 Å². The third-order valence-electron chi connectivity index (χ3n) is 11.6. The average molecular weight is 838 g/mol. The number of methoxy groups -OCH3 is 1. The fourth-order valence-corrected chi connectivity index (χ4v) is 8.56. The Labute approximate surface area is 350 Å². The highest BCUT2D eigenvalue weighted by Crippen LogP contribution is 2.35. The highest BCUT2D eigenvalue weighted by atomic mass is 35.5. The van der Waals surface area contributed by atoms with Crippen LogP contribution in [0.4, 0.5) is 27.3 Å². The monoisotopic (exact) mass is 837 g/mol. The van der Waals surface area contributed by atoms with E-state index >= 15 is 0 Å². The van der Waals surface area contributed by atoms with Gasteiger partial charge in [-0.2, -0.15) is 0 Å². The number of ether oxygens (including phenoxy) is 1. The number of imide groups is 2. The van der Waals surface area contributed by atoms with E-state index in [-0.39, 0.29) is 35.4 Å². The van der Waals surface area contributed by atoms with Crippen LogP contribution >= 0.6 is 11.6 Å². The third-order valence-corrected chi connectivity index (χ3v) is 11.9. The number of anilines is 4. The molecule has 0 spiro atoms. The quantitative estimate of drug-likeness (QED) is 0.111. The summed E-state index contributed by atoms with van der Waals surface area (Å²) in [5, 5.41) is 12.7. The molecule has 4 N–H and O–H groups in total. The molecule has 312 valence electrons. The molecule has 3 fully saturated rings. The maximum atomic E-state index is 13.7. The predicted molar refractivity (Wildman–Crippen MR) is 224 cm³/mol. The maximum absolute atomic E-state index is 13.7. The van der Waals surface area contributed by atoms with Gasteiger partial charge >= 0.3 is 0 Å². The number of fused-ring (bicyclic) bond motifs is 2. The minimum Gasteiger partial charge on any atom is -0.494 e. The van der Waals surface area contributed by atoms with E-state index in [9.17, 15) is 28.4 Å². The Kier molecular flexibility index (Phi) is 12.0. The Bertz CT molecular complexity index is 2390. The Hall–Kier alpha value is -5.97. The first-order valence-corrected chi connectivity index (χ1v) is 20.5. The van der Waals surface area contributed by atoms with Crippen molar-refractivity contribution in [2.24, 2.45) is 5.92 Å². The molecular weight excluding hydrogens is 793 g/mol. The number of likely N-dealkylation sites (tertiary alicyclic amines) is 1. The van der Waals surface area contributed by atoms with Crippen LogP contribution in [0.3, 0.4) is 0 Å². The minimum atomic E-state index is -0.988. The lowest BCUT2D eigenvalue weighted by Crippen LogP contribution is -2.54. The van der Waals surface area contributed by atoms with Crippen molar-refractivity contribution in [2.75, 3.05) is 61.9 Å². The molecule has 3 saturated heterocycles. The largest absolute Gasteiger partial charge is 0.494 e. The van der Waals surface area contributed by atoms with E-state index in [2.05, 4.69) is 41.0 Å². The Morgan fingerprint density at radius 2 is 1.80 bits per heavy atom. The molecule has 0 aliphatic carbocycles. The van der Waals surface area contributed by atoms with E-state index < -0.39 is 35.5 Å². The third kappa shape index (κ3) is 8.81. The van der Waals surface area contributed by atoms with Crippen molar-refractivity contribution in [3.63, 3.8) is 0 Å². The zero-order chi connectivity index (χ0) is 41.9. The number of halogens is 2. The Morgan fingerprint density at radius 1 is 0.983 bits per heavy atom. The van der Waals surface area contributed by atoms with E-state index in [1.165, 1.54) is 31.6 Å². The van der Waals surface area contributed by atoms with Gasteiger partial charge in [0.2, 0.25) is 17.7 Å². The summed E-state index contributed by atoms with van der Waals surface area (Å²) < 4.78 is 19.3. The molecule has 15 nitrogen and oxygen atoms in total. The minimum absolute atomic E-state index is 0.0232. The highest BCUT2D eigenvalue weighted by Gasteiger charge is 2.45. The number of carbonyl (C=O) groups is 5. The number of hydrogen-bond donors (Lipinski definition) is 4. The number of benzene rings is 3. The van der Waals surface area contributed by atoms with Gasteiger partial charge in [0.1, 0.15) is 29.8 Å². The molecule has 1 unspecified atom stereocenters. The summed E-state index contributed by atoms with van der Waals surface area (Å²) >= 11 is 5.97. The average Bonchev–Trinajstić information content (AvgIpc) is 3.49. The van der Waals surface area contributed by atoms with Gasteiger partial charge in [0.25, 0.3) is 11.8 Å². The molecule has 1 aromatic heterocycles. The summed E-state index contributed by atoms with van der Waals surface area (Å²) in [7, 11) is 1.52. The summed E-state index contributed by atoms with van der Waals surface area (Å²) in [4.78, 5) is 77.9. The summed E-state index contributed by atoms with van der Waals surface area (Å²) in [6.45, 7) is 4.98. The van der Waals surface area contributed by atoms with Crippen LogP contribution < -0.4 is 30.9 Å². The number of hydrogen-bond acceptors (Lipinski definition) is 12. The number of carbonyl (C=O) groups excluding carboxylic acids is 5. The first kappa shape index (κ1) is 40.8. The van der Waals surface area contributed by atoms with E-state index in [0.29, 0.717) is 51.9 Å². The number of aromatic nitrogens is 2. The smallest absolute Gasteiger partial charge is 0.262 e. The van der Waals surface area contributed by atoms with Gasteiger partial charge in [0.15, 0.2) is 0 Å². The fraction of sp³-hybridized carbons (Fsp3) is 0.372. The SMILES string of the molecule is COc1cc2ncnc(Nc3ccc(F)c(Cl)c3)c2cc1NC(=O)/C=C/CN1CCC(CN[C@H]2CCCN(c3ccc4c(c3)C(=O)N(C3CCC(=O)NC3=O)C4=O)C2)CC1. The summed E-state index contributed by atoms with van der Waals surface area (Å²) in [5.41, 5.74) is 3.01. The van der Waals surface area contributed by atoms with Crippen LogP contribution in [-0.4, -0.2) is 108 Å². The number of nitrogens with one attached hydrogen (secondary N) is 4. The number of piperidine rings is 3. The lowest BCUT2D eigenvalue weighted by Gasteiger charge is -2.37. The molecule has 3 aromatic carbocycles. The highest BCUT2D eigenvalue weighted by molar-refractivity contribution is 6.31. The van der Waals surface area contributed by atoms with Gasteiger partial charge in [-0.25, -0.2) is 14.4 Å². The van der Waals surface area contributed by atoms with Gasteiger partial charge in [0.05, 0.1) is 34.5 Å². The zero-order valence-corrected chi connectivity index (χ0v) is 33.8. The van der Waals surface area contributed by atoms with Gasteiger partial charge in [-0.3, -0.25) is 39.1 Å². The van der Waals surface area contributed by atoms with Crippen LogP contribution in [-0.2, 0) is 14.4 Å². The van der Waals surface area contributed by atoms with Crippen molar-refractivity contribution in [3.05, 3.63) is 89.0 Å². The van der Waals surface area contributed by atoms with E-state index in [1.54, 1.807) is 30.3 Å². The molecule has 5 heterocycles. The molecule has 5 amide bonds. The molecule has 2 atom stereocenters. The van der Waals surface area contributed by atoms with Gasteiger partial charge in [-0.1, -0.05) is 17.7 Å². The zero-order valence-electron chi connectivity index (χ0n) is 33.0. The van der Waals surface area contributed by atoms with Gasteiger partial charge in [-0.15, -0.1) is 0 Å². The topological polar surface area (TPSA) is 178 Å². The second-order valence-corrected chi connectivity index (χ2v) is 16.0. The normalized spacial score (nSPS) is 20.2. The second kappa shape index (κ2) is 17.7. The van der Waals surface area contributed by atoms with Crippen molar-refractivity contribution in [1.29, 1.82) is 0 Å². The van der Waals surface area contributed by atoms with Gasteiger partial charge < -0.3 is 25.6 Å². The van der Waals surface area contributed by atoms with Crippen molar-refractivity contribution in [2.45, 2.75) is 50.6 Å². The summed E-state index contributed by atoms with van der Waals surface area (Å²) in [6.07, 6.45) is 9.08. The molecule has 4 aliphatic rings. The van der Waals surface area contributed by atoms with Crippen LogP contribution in [0.25, 0.3) is 10.9 Å². The first-order valence-electron chi connectivity index (χ1n) is 20.1. The fourth-order valence-electron chi connectivity index (χ4n) is 8.38. The standard InChI is InChI=1S/C43H45ClFN9O6/c1-60-37-21-34-31(40(48-24-47-34)49-26-6-9-33(45)32(44)18-26)20-35(37)50-38(55)5-3-14-52-16-12-25(13-17-52)22-46-27-4-2-15-53(23-27)28-7-8-29-30(19-28)43(59)54(42(29)58)36-10-11-39(56)51-41(36)57/h3,5-9,18-21,24-25,27,36,46H,2,4,10-17,22-23H2,1H3,(H,50,55)(H,47,48,49)(H,51,56,57)/b5-3+/t27-,36?/m0/s1. The predicted octanol–water partition coefficient (Wildman–Crippen LogP) is 5.04. The lowest BCUT2D eigenvalue weighted by molar-refractivity contribution is -0.136. The second-order valence-electron chi connectivity index (χ2n) is 15.6. The van der Waals surface area contributed by atoms with Gasteiger partial charge in [-0.05, 0) is 100 Å². The van der Waals surface area contributed by atoms with Crippen LogP contribution in [0.5, 0.6) is 5.75 Å². The Morgan fingerprint density at radius 3 is 2.58 bits per heavy atom. The summed E-state index contributed by atoms with van der Waals surface area (Å²) in [5.74, 6) is -1.44. The van der Waals surface area contributed by atoms with E-state index in [4.69, 9.17) is 16.3 Å². The molecule has 8 rings (SSSR count). The summed E-state index contributed by atoms with van der Waals surface area (Å²) in [6, 6.07) is 12.3. The van der Waals surface area contributed by atoms with Crippen LogP contribution in [0.2, 0.25) is 5.02 Å². The van der Waals surface area contributed by atoms with Crippen LogP contribution in [0.1, 0.15) is 59.2 Å². The number of nitrogens with zero attached hydrogens (tertiary/aromatic N) is 5. The lowest BCUT2D eigenvalue weighted by atomic mass is 9.95. The number of rotatable bonds is 12. The van der Waals surface area contributed by atoms with Crippen molar-refractivity contribution >= 4 is 74.9 Å². The molecule has 0 saturated carbocycles. The van der Waals surface area contributed by atoms with Crippen LogP contribution in [0.15, 0.2) is 67.0 Å². The van der Waals surface area contributed by atoms with Gasteiger partial charge in [0, 0.05) is 61.0 Å². The van der Waals surface area contributed by atoms with E-state index in [0.717, 1.165) is 69.0 Å². The molecule has 4 aromatic rings. The maximum Gasteiger partial charge on any atom is 0.262 e. The molecule has 4 aliphatic heterocycles. The molecular formula is C43H45ClFN9O6. The number of amides is 5. The molecule has 0 bridgehead atoms. The Balaban J connectivity index is 0.796. The molecule has 17 heteroatoms. The first-order chi connectivity index (χ1) is 29.0. The van der Waals surface area contributed by atoms with E-state index in [1.807, 2.05) is 12.1 Å².